The van der Waals surface area contributed by atoms with E-state index in [1.54, 1.807) is 24.3 Å². The number of carbonyl (C=O) groups is 1. The van der Waals surface area contributed by atoms with Gasteiger partial charge in [-0.1, -0.05) is 54.1 Å². The average molecular weight is 261 g/mol. The van der Waals surface area contributed by atoms with Crippen LogP contribution < -0.4 is 0 Å². The van der Waals surface area contributed by atoms with Crippen LogP contribution in [0.5, 0.6) is 0 Å². The minimum atomic E-state index is -0.619. The highest BCUT2D eigenvalue weighted by molar-refractivity contribution is 6.34. The van der Waals surface area contributed by atoms with Gasteiger partial charge < -0.3 is 4.74 Å². The molecule has 0 aliphatic rings. The summed E-state index contributed by atoms with van der Waals surface area (Å²) in [7, 11) is 1.52. The van der Waals surface area contributed by atoms with Gasteiger partial charge in [0, 0.05) is 12.7 Å². The molecule has 0 saturated heterocycles. The van der Waals surface area contributed by atoms with Gasteiger partial charge in [-0.05, 0) is 17.7 Å². The third kappa shape index (κ3) is 2.61. The number of ketones is 1. The van der Waals surface area contributed by atoms with Crippen LogP contribution in [0.3, 0.4) is 0 Å². The zero-order valence-electron chi connectivity index (χ0n) is 9.97. The lowest BCUT2D eigenvalue weighted by molar-refractivity contribution is 0.0604. The van der Waals surface area contributed by atoms with Crippen LogP contribution in [0.4, 0.5) is 0 Å². The summed E-state index contributed by atoms with van der Waals surface area (Å²) in [4.78, 5) is 12.4. The monoisotopic (exact) mass is 260 g/mol. The first kappa shape index (κ1) is 12.8. The first-order chi connectivity index (χ1) is 8.74. The summed E-state index contributed by atoms with van der Waals surface area (Å²) >= 11 is 6.03. The van der Waals surface area contributed by atoms with Crippen LogP contribution in [-0.4, -0.2) is 12.9 Å². The minimum Gasteiger partial charge on any atom is -0.369 e. The summed E-state index contributed by atoms with van der Waals surface area (Å²) in [5, 5.41) is 0.445. The fraction of sp³-hybridized carbons (Fsp3) is 0.133. The lowest BCUT2D eigenvalue weighted by atomic mass is 10.00. The van der Waals surface area contributed by atoms with Gasteiger partial charge in [0.15, 0.2) is 5.78 Å². The van der Waals surface area contributed by atoms with Gasteiger partial charge in [0.1, 0.15) is 6.10 Å². The molecule has 0 fully saturated rings. The van der Waals surface area contributed by atoms with E-state index in [-0.39, 0.29) is 5.78 Å². The molecule has 0 spiro atoms. The Balaban J connectivity index is 2.35. The number of hydrogen-bond acceptors (Lipinski definition) is 2. The molecule has 0 radical (unpaired) electrons. The molecule has 18 heavy (non-hydrogen) atoms. The Morgan fingerprint density at radius 3 is 2.28 bits per heavy atom. The molecule has 0 aliphatic carbocycles. The average Bonchev–Trinajstić information content (AvgIpc) is 2.41. The molecule has 0 N–H and O–H groups in total. The second kappa shape index (κ2) is 5.80. The van der Waals surface area contributed by atoms with Crippen LogP contribution in [0.25, 0.3) is 0 Å². The molecule has 0 aromatic heterocycles. The Hall–Kier alpha value is -1.64. The molecule has 2 aromatic carbocycles. The molecule has 0 heterocycles. The van der Waals surface area contributed by atoms with Crippen molar-refractivity contribution >= 4 is 17.4 Å². The summed E-state index contributed by atoms with van der Waals surface area (Å²) in [6, 6.07) is 16.4. The molecular weight excluding hydrogens is 248 g/mol. The zero-order chi connectivity index (χ0) is 13.0. The molecule has 0 saturated carbocycles. The maximum absolute atomic E-state index is 12.4. The lowest BCUT2D eigenvalue weighted by Crippen LogP contribution is -2.15. The predicted octanol–water partition coefficient (Wildman–Crippen LogP) is 3.91. The topological polar surface area (TPSA) is 26.3 Å². The van der Waals surface area contributed by atoms with Crippen molar-refractivity contribution in [1.29, 1.82) is 0 Å². The largest absolute Gasteiger partial charge is 0.369 e. The first-order valence-corrected chi connectivity index (χ1v) is 5.98. The number of methoxy groups -OCH3 is 1. The van der Waals surface area contributed by atoms with Crippen molar-refractivity contribution in [2.75, 3.05) is 7.11 Å². The van der Waals surface area contributed by atoms with E-state index >= 15 is 0 Å². The van der Waals surface area contributed by atoms with Crippen LogP contribution in [0, 0.1) is 0 Å². The van der Waals surface area contributed by atoms with E-state index in [1.807, 2.05) is 30.3 Å². The van der Waals surface area contributed by atoms with E-state index in [0.717, 1.165) is 5.56 Å². The molecule has 92 valence electrons. The molecule has 2 aromatic rings. The Morgan fingerprint density at radius 1 is 1.06 bits per heavy atom. The van der Waals surface area contributed by atoms with E-state index in [4.69, 9.17) is 16.3 Å². The first-order valence-electron chi connectivity index (χ1n) is 5.60. The van der Waals surface area contributed by atoms with Crippen molar-refractivity contribution in [3.05, 3.63) is 70.7 Å². The minimum absolute atomic E-state index is 0.130. The summed E-state index contributed by atoms with van der Waals surface area (Å²) in [6.07, 6.45) is -0.619. The van der Waals surface area contributed by atoms with Crippen LogP contribution >= 0.6 is 11.6 Å². The quantitative estimate of drug-likeness (QED) is 0.779. The highest BCUT2D eigenvalue weighted by Gasteiger charge is 2.22. The highest BCUT2D eigenvalue weighted by Crippen LogP contribution is 2.25. The van der Waals surface area contributed by atoms with Crippen LogP contribution in [0.1, 0.15) is 22.0 Å². The molecule has 1 atom stereocenters. The van der Waals surface area contributed by atoms with Crippen molar-refractivity contribution < 1.29 is 9.53 Å². The number of carbonyl (C=O) groups excluding carboxylic acids is 1. The van der Waals surface area contributed by atoms with Crippen molar-refractivity contribution in [2.24, 2.45) is 0 Å². The third-order valence-electron chi connectivity index (χ3n) is 2.72. The molecule has 2 rings (SSSR count). The third-order valence-corrected chi connectivity index (χ3v) is 3.05. The van der Waals surface area contributed by atoms with Crippen molar-refractivity contribution in [2.45, 2.75) is 6.10 Å². The number of benzene rings is 2. The molecular formula is C15H13ClO2. The van der Waals surface area contributed by atoms with Crippen molar-refractivity contribution in [1.82, 2.24) is 0 Å². The number of halogens is 1. The van der Waals surface area contributed by atoms with Gasteiger partial charge in [-0.25, -0.2) is 0 Å². The van der Waals surface area contributed by atoms with Gasteiger partial charge in [0.25, 0.3) is 0 Å². The molecule has 2 nitrogen and oxygen atoms in total. The number of ether oxygens (including phenoxy) is 1. The van der Waals surface area contributed by atoms with Crippen molar-refractivity contribution in [3.63, 3.8) is 0 Å². The second-order valence-corrected chi connectivity index (χ2v) is 4.28. The summed E-state index contributed by atoms with van der Waals surface area (Å²) in [5.74, 6) is -0.130. The predicted molar refractivity (Wildman–Crippen MR) is 72.0 cm³/mol. The normalized spacial score (nSPS) is 12.1. The maximum atomic E-state index is 12.4. The van der Waals surface area contributed by atoms with Gasteiger partial charge in [-0.2, -0.15) is 0 Å². The van der Waals surface area contributed by atoms with E-state index in [9.17, 15) is 4.79 Å². The molecule has 3 heteroatoms. The number of Topliss-reactive ketones (excluding diaryl/α,β-unsaturated/α-hetero) is 1. The van der Waals surface area contributed by atoms with Crippen LogP contribution in [0.2, 0.25) is 5.02 Å². The summed E-state index contributed by atoms with van der Waals surface area (Å²) in [6.45, 7) is 0. The Morgan fingerprint density at radius 2 is 1.67 bits per heavy atom. The molecule has 0 amide bonds. The van der Waals surface area contributed by atoms with Crippen molar-refractivity contribution in [3.8, 4) is 0 Å². The van der Waals surface area contributed by atoms with Crippen LogP contribution in [0.15, 0.2) is 54.6 Å². The molecule has 1 unspecified atom stereocenters. The zero-order valence-corrected chi connectivity index (χ0v) is 10.7. The Bertz CT molecular complexity index is 537. The summed E-state index contributed by atoms with van der Waals surface area (Å²) in [5.41, 5.74) is 1.31. The maximum Gasteiger partial charge on any atom is 0.197 e. The van der Waals surface area contributed by atoms with Gasteiger partial charge in [0.05, 0.1) is 5.02 Å². The highest BCUT2D eigenvalue weighted by atomic mass is 35.5. The van der Waals surface area contributed by atoms with Gasteiger partial charge in [0.2, 0.25) is 0 Å². The number of hydrogen-bond donors (Lipinski definition) is 0. The second-order valence-electron chi connectivity index (χ2n) is 3.87. The standard InChI is InChI=1S/C15H13ClO2/c1-18-15(11-7-3-2-4-8-11)14(17)12-9-5-6-10-13(12)16/h2-10,15H,1H3. The van der Waals surface area contributed by atoms with Gasteiger partial charge >= 0.3 is 0 Å². The van der Waals surface area contributed by atoms with E-state index < -0.39 is 6.10 Å². The number of rotatable bonds is 4. The Labute approximate surface area is 111 Å². The summed E-state index contributed by atoms with van der Waals surface area (Å²) < 4.78 is 5.30. The van der Waals surface area contributed by atoms with E-state index in [1.165, 1.54) is 7.11 Å². The van der Waals surface area contributed by atoms with Crippen LogP contribution in [-0.2, 0) is 4.74 Å². The SMILES string of the molecule is COC(C(=O)c1ccccc1Cl)c1ccccc1. The fourth-order valence-corrected chi connectivity index (χ4v) is 2.05. The van der Waals surface area contributed by atoms with E-state index in [2.05, 4.69) is 0 Å². The van der Waals surface area contributed by atoms with E-state index in [0.29, 0.717) is 10.6 Å². The van der Waals surface area contributed by atoms with Gasteiger partial charge in [-0.15, -0.1) is 0 Å². The molecule has 0 aliphatic heterocycles. The lowest BCUT2D eigenvalue weighted by Gasteiger charge is -2.15. The molecule has 0 bridgehead atoms. The fourth-order valence-electron chi connectivity index (χ4n) is 1.82. The van der Waals surface area contributed by atoms with Gasteiger partial charge in [-0.3, -0.25) is 4.79 Å². The Kier molecular flexibility index (Phi) is 4.13. The smallest absolute Gasteiger partial charge is 0.197 e.